The number of carbonyl (C=O) groups is 1. The predicted octanol–water partition coefficient (Wildman–Crippen LogP) is 2.58. The molecule has 0 saturated carbocycles. The van der Waals surface area contributed by atoms with E-state index in [4.69, 9.17) is 0 Å². The molecule has 2 N–H and O–H groups in total. The Kier molecular flexibility index (Phi) is 8.27. The van der Waals surface area contributed by atoms with Gasteiger partial charge in [-0.2, -0.15) is 16.5 Å². The molecule has 0 unspecified atom stereocenters. The van der Waals surface area contributed by atoms with E-state index in [0.29, 0.717) is 25.1 Å². The predicted molar refractivity (Wildman–Crippen MR) is 107 cm³/mol. The van der Waals surface area contributed by atoms with Gasteiger partial charge in [0, 0.05) is 6.54 Å². The van der Waals surface area contributed by atoms with Gasteiger partial charge < -0.3 is 5.32 Å². The molecule has 146 valence electrons. The zero-order valence-electron chi connectivity index (χ0n) is 15.0. The van der Waals surface area contributed by atoms with Crippen LogP contribution in [0.4, 0.5) is 4.39 Å². The summed E-state index contributed by atoms with van der Waals surface area (Å²) in [6.45, 7) is 0.341. The van der Waals surface area contributed by atoms with Crippen LogP contribution in [0.25, 0.3) is 0 Å². The fourth-order valence-corrected chi connectivity index (χ4v) is 4.16. The smallest absolute Gasteiger partial charge is 0.241 e. The molecule has 2 aromatic carbocycles. The highest BCUT2D eigenvalue weighted by molar-refractivity contribution is 7.98. The van der Waals surface area contributed by atoms with E-state index in [2.05, 4.69) is 10.0 Å². The van der Waals surface area contributed by atoms with Crippen molar-refractivity contribution >= 4 is 27.7 Å². The maximum absolute atomic E-state index is 12.9. The summed E-state index contributed by atoms with van der Waals surface area (Å²) in [5.74, 6) is -0.0335. The summed E-state index contributed by atoms with van der Waals surface area (Å²) >= 11 is 1.54. The average Bonchev–Trinajstić information content (AvgIpc) is 2.67. The Balaban J connectivity index is 1.97. The number of hydrogen-bond donors (Lipinski definition) is 2. The van der Waals surface area contributed by atoms with Gasteiger partial charge >= 0.3 is 0 Å². The van der Waals surface area contributed by atoms with Crippen LogP contribution < -0.4 is 10.0 Å². The third kappa shape index (κ3) is 6.97. The largest absolute Gasteiger partial charge is 0.354 e. The first-order chi connectivity index (χ1) is 12.9. The van der Waals surface area contributed by atoms with Crippen LogP contribution in [0.2, 0.25) is 0 Å². The van der Waals surface area contributed by atoms with Gasteiger partial charge in [-0.15, -0.1) is 0 Å². The number of hydrogen-bond acceptors (Lipinski definition) is 4. The van der Waals surface area contributed by atoms with Gasteiger partial charge in [0.25, 0.3) is 0 Å². The first-order valence-corrected chi connectivity index (χ1v) is 11.4. The Bertz CT molecular complexity index is 828. The van der Waals surface area contributed by atoms with E-state index in [9.17, 15) is 17.6 Å². The van der Waals surface area contributed by atoms with Gasteiger partial charge in [-0.1, -0.05) is 30.3 Å². The Hall–Kier alpha value is -1.90. The van der Waals surface area contributed by atoms with E-state index in [1.54, 1.807) is 42.1 Å². The van der Waals surface area contributed by atoms with Gasteiger partial charge in [0.05, 0.1) is 4.90 Å². The number of nitrogens with one attached hydrogen (secondary N) is 2. The number of carbonyl (C=O) groups excluding carboxylic acids is 1. The van der Waals surface area contributed by atoms with Crippen molar-refractivity contribution in [3.63, 3.8) is 0 Å². The first kappa shape index (κ1) is 21.4. The third-order valence-corrected chi connectivity index (χ3v) is 6.04. The van der Waals surface area contributed by atoms with E-state index in [1.807, 2.05) is 6.26 Å². The quantitative estimate of drug-likeness (QED) is 0.631. The molecule has 0 aromatic heterocycles. The second kappa shape index (κ2) is 10.4. The summed E-state index contributed by atoms with van der Waals surface area (Å²) in [5, 5.41) is 2.76. The van der Waals surface area contributed by atoms with Gasteiger partial charge in [-0.3, -0.25) is 4.79 Å². The normalized spacial score (nSPS) is 12.5. The van der Waals surface area contributed by atoms with Crippen LogP contribution in [0.1, 0.15) is 12.0 Å². The van der Waals surface area contributed by atoms with Crippen LogP contribution in [-0.2, 0) is 21.2 Å². The van der Waals surface area contributed by atoms with Crippen LogP contribution in [0.3, 0.4) is 0 Å². The van der Waals surface area contributed by atoms with Crippen molar-refractivity contribution in [2.45, 2.75) is 23.8 Å². The highest BCUT2D eigenvalue weighted by atomic mass is 32.2. The molecule has 0 spiro atoms. The van der Waals surface area contributed by atoms with Crippen molar-refractivity contribution in [1.82, 2.24) is 10.0 Å². The molecule has 8 heteroatoms. The Morgan fingerprint density at radius 1 is 1.11 bits per heavy atom. The Morgan fingerprint density at radius 3 is 2.41 bits per heavy atom. The molecule has 0 heterocycles. The SMILES string of the molecule is CSCC[C@H](NS(=O)(=O)c1ccccc1)C(=O)NCCc1ccc(F)cc1. The van der Waals surface area contributed by atoms with E-state index >= 15 is 0 Å². The number of halogens is 1. The van der Waals surface area contributed by atoms with Crippen LogP contribution in [0.15, 0.2) is 59.5 Å². The van der Waals surface area contributed by atoms with Crippen molar-refractivity contribution in [3.05, 3.63) is 66.0 Å². The van der Waals surface area contributed by atoms with Crippen LogP contribution in [0.5, 0.6) is 0 Å². The lowest BCUT2D eigenvalue weighted by Gasteiger charge is -2.18. The lowest BCUT2D eigenvalue weighted by molar-refractivity contribution is -0.122. The molecule has 1 amide bonds. The molecule has 0 radical (unpaired) electrons. The van der Waals surface area contributed by atoms with Gasteiger partial charge in [0.2, 0.25) is 15.9 Å². The Morgan fingerprint density at radius 2 is 1.78 bits per heavy atom. The minimum Gasteiger partial charge on any atom is -0.354 e. The number of sulfonamides is 1. The van der Waals surface area contributed by atoms with Gasteiger partial charge in [0.15, 0.2) is 0 Å². The summed E-state index contributed by atoms with van der Waals surface area (Å²) in [7, 11) is -3.78. The molecule has 27 heavy (non-hydrogen) atoms. The second-order valence-corrected chi connectivity index (χ2v) is 8.64. The molecule has 0 aliphatic heterocycles. The van der Waals surface area contributed by atoms with Gasteiger partial charge in [-0.25, -0.2) is 12.8 Å². The summed E-state index contributed by atoms with van der Waals surface area (Å²) in [4.78, 5) is 12.6. The summed E-state index contributed by atoms with van der Waals surface area (Å²) in [5.41, 5.74) is 0.891. The van der Waals surface area contributed by atoms with Crippen molar-refractivity contribution in [2.24, 2.45) is 0 Å². The van der Waals surface area contributed by atoms with E-state index in [0.717, 1.165) is 5.56 Å². The average molecular weight is 411 g/mol. The summed E-state index contributed by atoms with van der Waals surface area (Å²) in [6, 6.07) is 13.2. The molecule has 2 aromatic rings. The fourth-order valence-electron chi connectivity index (χ4n) is 2.44. The van der Waals surface area contributed by atoms with Crippen molar-refractivity contribution in [3.8, 4) is 0 Å². The summed E-state index contributed by atoms with van der Waals surface area (Å²) < 4.78 is 40.4. The maximum Gasteiger partial charge on any atom is 0.241 e. The van der Waals surface area contributed by atoms with E-state index < -0.39 is 16.1 Å². The van der Waals surface area contributed by atoms with Crippen molar-refractivity contribution < 1.29 is 17.6 Å². The minimum absolute atomic E-state index is 0.123. The van der Waals surface area contributed by atoms with Gasteiger partial charge in [0.1, 0.15) is 11.9 Å². The number of benzene rings is 2. The molecule has 0 saturated heterocycles. The van der Waals surface area contributed by atoms with Crippen LogP contribution in [0, 0.1) is 5.82 Å². The van der Waals surface area contributed by atoms with E-state index in [1.165, 1.54) is 24.3 Å². The molecule has 0 fully saturated rings. The topological polar surface area (TPSA) is 75.3 Å². The van der Waals surface area contributed by atoms with Crippen LogP contribution >= 0.6 is 11.8 Å². The highest BCUT2D eigenvalue weighted by Gasteiger charge is 2.25. The minimum atomic E-state index is -3.78. The standard InChI is InChI=1S/C19H23FN2O3S2/c1-26-14-12-18(22-27(24,25)17-5-3-2-4-6-17)19(23)21-13-11-15-7-9-16(20)10-8-15/h2-10,18,22H,11-14H2,1H3,(H,21,23)/t18-/m0/s1. The maximum atomic E-state index is 12.9. The molecular formula is C19H23FN2O3S2. The monoisotopic (exact) mass is 410 g/mol. The number of rotatable bonds is 10. The van der Waals surface area contributed by atoms with E-state index in [-0.39, 0.29) is 16.6 Å². The second-order valence-electron chi connectivity index (χ2n) is 5.94. The molecule has 0 bridgehead atoms. The van der Waals surface area contributed by atoms with Gasteiger partial charge in [-0.05, 0) is 54.7 Å². The molecular weight excluding hydrogens is 387 g/mol. The Labute approximate surface area is 163 Å². The molecule has 5 nitrogen and oxygen atoms in total. The number of thioether (sulfide) groups is 1. The van der Waals surface area contributed by atoms with Crippen molar-refractivity contribution in [2.75, 3.05) is 18.6 Å². The highest BCUT2D eigenvalue weighted by Crippen LogP contribution is 2.11. The zero-order chi connectivity index (χ0) is 19.7. The first-order valence-electron chi connectivity index (χ1n) is 8.51. The lowest BCUT2D eigenvalue weighted by atomic mass is 10.1. The third-order valence-electron chi connectivity index (χ3n) is 3.90. The molecule has 0 aliphatic carbocycles. The van der Waals surface area contributed by atoms with Crippen molar-refractivity contribution in [1.29, 1.82) is 0 Å². The fraction of sp³-hybridized carbons (Fsp3) is 0.316. The lowest BCUT2D eigenvalue weighted by Crippen LogP contribution is -2.47. The molecule has 0 aliphatic rings. The molecule has 1 atom stereocenters. The molecule has 2 rings (SSSR count). The summed E-state index contributed by atoms with van der Waals surface area (Å²) in [6.07, 6.45) is 2.82. The number of amides is 1. The van der Waals surface area contributed by atoms with Crippen LogP contribution in [-0.4, -0.2) is 38.9 Å². The zero-order valence-corrected chi connectivity index (χ0v) is 16.7.